The van der Waals surface area contributed by atoms with E-state index in [0.717, 1.165) is 0 Å². The molecule has 10 nitrogen and oxygen atoms in total. The highest BCUT2D eigenvalue weighted by Crippen LogP contribution is 2.34. The highest BCUT2D eigenvalue weighted by Gasteiger charge is 2.28. The normalized spacial score (nSPS) is 13.1. The van der Waals surface area contributed by atoms with Crippen molar-refractivity contribution in [1.82, 2.24) is 14.9 Å². The van der Waals surface area contributed by atoms with Crippen LogP contribution in [-0.4, -0.2) is 72.8 Å². The fourth-order valence-corrected chi connectivity index (χ4v) is 4.16. The summed E-state index contributed by atoms with van der Waals surface area (Å²) in [5, 5.41) is 5.62. The first-order valence-corrected chi connectivity index (χ1v) is 12.9. The van der Waals surface area contributed by atoms with E-state index in [1.165, 1.54) is 0 Å². The standard InChI is InChI=1S/C28H34N6O4/c1-4-33(5-2)27(35)23-24(38-6-3)26(34-16-18-37-19-17-34)32-25(31-23)20-12-14-22(15-13-20)30-28(36)29-21-10-8-7-9-11-21/h7-15H,4-6,16-19H2,1-3H3,(H2,29,30,36). The third-order valence-corrected chi connectivity index (χ3v) is 6.13. The second-order valence-corrected chi connectivity index (χ2v) is 8.58. The number of nitrogens with one attached hydrogen (secondary N) is 2. The second kappa shape index (κ2) is 12.9. The first kappa shape index (κ1) is 26.9. The molecule has 38 heavy (non-hydrogen) atoms. The van der Waals surface area contributed by atoms with Gasteiger partial charge in [0.1, 0.15) is 0 Å². The van der Waals surface area contributed by atoms with E-state index in [2.05, 4.69) is 15.5 Å². The average Bonchev–Trinajstić information content (AvgIpc) is 2.95. The Kier molecular flexibility index (Phi) is 9.10. The summed E-state index contributed by atoms with van der Waals surface area (Å²) in [5.41, 5.74) is 2.27. The number of morpholine rings is 1. The number of nitrogens with zero attached hydrogens (tertiary/aromatic N) is 4. The minimum atomic E-state index is -0.344. The molecule has 0 bridgehead atoms. The number of carbonyl (C=O) groups excluding carboxylic acids is 2. The van der Waals surface area contributed by atoms with E-state index in [9.17, 15) is 9.59 Å². The highest BCUT2D eigenvalue weighted by molar-refractivity contribution is 6.00. The smallest absolute Gasteiger partial charge is 0.323 e. The molecule has 0 radical (unpaired) electrons. The van der Waals surface area contributed by atoms with Gasteiger partial charge in [0.25, 0.3) is 5.91 Å². The second-order valence-electron chi connectivity index (χ2n) is 8.58. The van der Waals surface area contributed by atoms with Crippen molar-refractivity contribution >= 4 is 29.1 Å². The zero-order valence-corrected chi connectivity index (χ0v) is 22.1. The lowest BCUT2D eigenvalue weighted by Gasteiger charge is -2.30. The number of aromatic nitrogens is 2. The van der Waals surface area contributed by atoms with Gasteiger partial charge in [-0.05, 0) is 57.2 Å². The molecular weight excluding hydrogens is 484 g/mol. The maximum atomic E-state index is 13.5. The largest absolute Gasteiger partial charge is 0.488 e. The van der Waals surface area contributed by atoms with Crippen LogP contribution in [0, 0.1) is 0 Å². The van der Waals surface area contributed by atoms with Crippen molar-refractivity contribution in [3.05, 3.63) is 60.3 Å². The molecule has 3 amide bonds. The summed E-state index contributed by atoms with van der Waals surface area (Å²) in [5.74, 6) is 1.18. The Morgan fingerprint density at radius 3 is 2.16 bits per heavy atom. The third-order valence-electron chi connectivity index (χ3n) is 6.13. The molecule has 3 aromatic rings. The van der Waals surface area contributed by atoms with Crippen LogP contribution in [0.15, 0.2) is 54.6 Å². The van der Waals surface area contributed by atoms with E-state index in [4.69, 9.17) is 19.4 Å². The molecule has 2 heterocycles. The maximum absolute atomic E-state index is 13.5. The highest BCUT2D eigenvalue weighted by atomic mass is 16.5. The number of anilines is 3. The summed E-state index contributed by atoms with van der Waals surface area (Å²) >= 11 is 0. The number of ether oxygens (including phenoxy) is 2. The fraction of sp³-hybridized carbons (Fsp3) is 0.357. The van der Waals surface area contributed by atoms with Crippen molar-refractivity contribution < 1.29 is 19.1 Å². The van der Waals surface area contributed by atoms with Gasteiger partial charge in [-0.2, -0.15) is 0 Å². The summed E-state index contributed by atoms with van der Waals surface area (Å²) < 4.78 is 11.5. The first-order chi connectivity index (χ1) is 18.5. The zero-order chi connectivity index (χ0) is 26.9. The quantitative estimate of drug-likeness (QED) is 0.429. The molecule has 4 rings (SSSR count). The molecule has 1 aliphatic rings. The third kappa shape index (κ3) is 6.38. The molecule has 0 unspecified atom stereocenters. The number of amides is 3. The van der Waals surface area contributed by atoms with Crippen LogP contribution >= 0.6 is 0 Å². The molecule has 1 aromatic heterocycles. The number of rotatable bonds is 9. The van der Waals surface area contributed by atoms with E-state index in [1.54, 1.807) is 17.0 Å². The van der Waals surface area contributed by atoms with Crippen LogP contribution in [-0.2, 0) is 4.74 Å². The van der Waals surface area contributed by atoms with E-state index in [1.807, 2.05) is 63.2 Å². The Bertz CT molecular complexity index is 1230. The topological polar surface area (TPSA) is 109 Å². The molecule has 0 atom stereocenters. The van der Waals surface area contributed by atoms with Crippen LogP contribution < -0.4 is 20.3 Å². The Morgan fingerprint density at radius 2 is 1.55 bits per heavy atom. The Hall–Kier alpha value is -4.18. The lowest BCUT2D eigenvalue weighted by atomic mass is 10.1. The van der Waals surface area contributed by atoms with Gasteiger partial charge in [-0.1, -0.05) is 18.2 Å². The summed E-state index contributed by atoms with van der Waals surface area (Å²) in [7, 11) is 0. The van der Waals surface area contributed by atoms with Gasteiger partial charge in [0.15, 0.2) is 23.1 Å². The van der Waals surface area contributed by atoms with Gasteiger partial charge in [0, 0.05) is 43.1 Å². The van der Waals surface area contributed by atoms with Crippen LogP contribution in [0.1, 0.15) is 31.3 Å². The number of carbonyl (C=O) groups is 2. The number of benzene rings is 2. The van der Waals surface area contributed by atoms with Crippen molar-refractivity contribution in [1.29, 1.82) is 0 Å². The zero-order valence-electron chi connectivity index (χ0n) is 22.1. The maximum Gasteiger partial charge on any atom is 0.323 e. The SMILES string of the molecule is CCOc1c(C(=O)N(CC)CC)nc(-c2ccc(NC(=O)Nc3ccccc3)cc2)nc1N1CCOCC1. The minimum Gasteiger partial charge on any atom is -0.488 e. The number of para-hydroxylation sites is 1. The molecule has 1 aliphatic heterocycles. The fourth-order valence-electron chi connectivity index (χ4n) is 4.16. The minimum absolute atomic E-state index is 0.201. The lowest BCUT2D eigenvalue weighted by molar-refractivity contribution is 0.0762. The number of hydrogen-bond donors (Lipinski definition) is 2. The van der Waals surface area contributed by atoms with E-state index < -0.39 is 0 Å². The predicted molar refractivity (Wildman–Crippen MR) is 148 cm³/mol. The van der Waals surface area contributed by atoms with Gasteiger partial charge in [0.2, 0.25) is 0 Å². The summed E-state index contributed by atoms with van der Waals surface area (Å²) in [4.78, 5) is 39.2. The average molecular weight is 519 g/mol. The summed E-state index contributed by atoms with van der Waals surface area (Å²) in [6.45, 7) is 9.64. The molecule has 1 saturated heterocycles. The molecule has 200 valence electrons. The molecule has 1 fully saturated rings. The monoisotopic (exact) mass is 518 g/mol. The Balaban J connectivity index is 1.66. The van der Waals surface area contributed by atoms with Crippen molar-refractivity contribution in [2.24, 2.45) is 0 Å². The molecule has 0 saturated carbocycles. The van der Waals surface area contributed by atoms with Crippen LogP contribution in [0.4, 0.5) is 22.0 Å². The molecule has 2 N–H and O–H groups in total. The number of urea groups is 1. The first-order valence-electron chi connectivity index (χ1n) is 12.9. The summed E-state index contributed by atoms with van der Waals surface area (Å²) in [6.07, 6.45) is 0. The van der Waals surface area contributed by atoms with Gasteiger partial charge in [-0.25, -0.2) is 14.8 Å². The molecule has 0 aliphatic carbocycles. The van der Waals surface area contributed by atoms with Gasteiger partial charge in [0.05, 0.1) is 19.8 Å². The van der Waals surface area contributed by atoms with E-state index in [0.29, 0.717) is 80.3 Å². The molecule has 10 heteroatoms. The van der Waals surface area contributed by atoms with E-state index >= 15 is 0 Å². The van der Waals surface area contributed by atoms with Gasteiger partial charge in [-0.3, -0.25) is 4.79 Å². The lowest BCUT2D eigenvalue weighted by Crippen LogP contribution is -2.38. The number of hydrogen-bond acceptors (Lipinski definition) is 7. The van der Waals surface area contributed by atoms with Gasteiger partial charge >= 0.3 is 6.03 Å². The van der Waals surface area contributed by atoms with Gasteiger partial charge < -0.3 is 29.9 Å². The van der Waals surface area contributed by atoms with Crippen LogP contribution in [0.3, 0.4) is 0 Å². The molecule has 2 aromatic carbocycles. The van der Waals surface area contributed by atoms with Crippen molar-refractivity contribution in [3.8, 4) is 17.1 Å². The van der Waals surface area contributed by atoms with E-state index in [-0.39, 0.29) is 17.6 Å². The predicted octanol–water partition coefficient (Wildman–Crippen LogP) is 4.50. The molecule has 0 spiro atoms. The Labute approximate surface area is 223 Å². The van der Waals surface area contributed by atoms with Gasteiger partial charge in [-0.15, -0.1) is 0 Å². The van der Waals surface area contributed by atoms with Crippen LogP contribution in [0.2, 0.25) is 0 Å². The van der Waals surface area contributed by atoms with Crippen LogP contribution in [0.5, 0.6) is 5.75 Å². The van der Waals surface area contributed by atoms with Crippen LogP contribution in [0.25, 0.3) is 11.4 Å². The van der Waals surface area contributed by atoms with Crippen molar-refractivity contribution in [2.45, 2.75) is 20.8 Å². The Morgan fingerprint density at radius 1 is 0.921 bits per heavy atom. The van der Waals surface area contributed by atoms with Crippen molar-refractivity contribution in [2.75, 3.05) is 61.5 Å². The summed E-state index contributed by atoms with van der Waals surface area (Å²) in [6, 6.07) is 16.1. The van der Waals surface area contributed by atoms with Crippen molar-refractivity contribution in [3.63, 3.8) is 0 Å². The molecular formula is C28H34N6O4.